The van der Waals surface area contributed by atoms with Crippen LogP contribution in [0.15, 0.2) is 54.6 Å². The number of nitrogens with one attached hydrogen (secondary N) is 2. The lowest BCUT2D eigenvalue weighted by molar-refractivity contribution is 0.0512. The number of methoxy groups -OCH3 is 3. The normalized spacial score (nSPS) is 11.7. The molecule has 5 N–H and O–H groups in total. The predicted molar refractivity (Wildman–Crippen MR) is 267 cm³/mol. The lowest BCUT2D eigenvalue weighted by atomic mass is 10.2. The minimum absolute atomic E-state index is 0.0681. The zero-order valence-electron chi connectivity index (χ0n) is 42.0. The van der Waals surface area contributed by atoms with Crippen LogP contribution in [0.5, 0.6) is 34.5 Å². The molecule has 0 bridgehead atoms. The first kappa shape index (κ1) is 60.0. The van der Waals surface area contributed by atoms with Crippen LogP contribution in [0.4, 0.5) is 9.59 Å². The third-order valence-corrected chi connectivity index (χ3v) is 18.6. The summed E-state index contributed by atoms with van der Waals surface area (Å²) in [6.07, 6.45) is -0.914. The molecule has 0 atom stereocenters. The molecule has 0 aliphatic carbocycles. The van der Waals surface area contributed by atoms with Crippen molar-refractivity contribution in [1.29, 1.82) is 0 Å². The molecule has 0 heterocycles. The second-order valence-electron chi connectivity index (χ2n) is 19.7. The van der Waals surface area contributed by atoms with Gasteiger partial charge in [0, 0.05) is 19.6 Å². The Hall–Kier alpha value is -4.03. The number of hydrogen-bond acceptors (Lipinski definition) is 11. The molecule has 0 spiro atoms. The highest BCUT2D eigenvalue weighted by Gasteiger charge is 2.40. The summed E-state index contributed by atoms with van der Waals surface area (Å²) in [6, 6.07) is 16.5. The van der Waals surface area contributed by atoms with Crippen molar-refractivity contribution in [2.45, 2.75) is 150 Å². The van der Waals surface area contributed by atoms with Crippen molar-refractivity contribution in [3.63, 3.8) is 0 Å². The van der Waals surface area contributed by atoms with E-state index in [1.54, 1.807) is 47.1 Å². The molecule has 0 saturated heterocycles. The Kier molecular flexibility index (Phi) is 24.6. The molecule has 0 fully saturated rings. The number of aromatic hydroxyl groups is 1. The maximum absolute atomic E-state index is 11.8. The quantitative estimate of drug-likeness (QED) is 0.101. The minimum Gasteiger partial charge on any atom is -0.541 e. The van der Waals surface area contributed by atoms with Gasteiger partial charge < -0.3 is 54.0 Å². The van der Waals surface area contributed by atoms with Crippen molar-refractivity contribution in [2.24, 2.45) is 5.73 Å². The SMILES string of the molecule is COc1cc(CN)ccc1O[Si](C)(C)C(C)(C)C.COc1cc(CNC(=O)OC(C)(C)C)ccc1O.COc1cc(CNC(=O)OC(C)(C)C)ccc1O[Si](C)(C)C(C)(C)C.ClCCl. The van der Waals surface area contributed by atoms with E-state index in [1.807, 2.05) is 57.2 Å². The van der Waals surface area contributed by atoms with Crippen LogP contribution in [0.2, 0.25) is 36.3 Å². The highest BCUT2D eigenvalue weighted by atomic mass is 35.5. The molecule has 0 aliphatic rings. The van der Waals surface area contributed by atoms with Crippen molar-refractivity contribution >= 4 is 52.0 Å². The Morgan fingerprint density at radius 3 is 1.19 bits per heavy atom. The molecule has 17 heteroatoms. The van der Waals surface area contributed by atoms with Gasteiger partial charge in [-0.1, -0.05) is 59.7 Å². The van der Waals surface area contributed by atoms with Gasteiger partial charge in [0.15, 0.2) is 23.0 Å². The summed E-state index contributed by atoms with van der Waals surface area (Å²) in [6.45, 7) is 34.2. The molecule has 364 valence electrons. The van der Waals surface area contributed by atoms with Gasteiger partial charge in [-0.15, -0.1) is 23.2 Å². The zero-order chi connectivity index (χ0) is 49.9. The van der Waals surface area contributed by atoms with Gasteiger partial charge in [0.25, 0.3) is 16.6 Å². The first-order valence-corrected chi connectivity index (χ1v) is 27.9. The van der Waals surface area contributed by atoms with Crippen LogP contribution in [-0.2, 0) is 29.1 Å². The smallest absolute Gasteiger partial charge is 0.407 e. The largest absolute Gasteiger partial charge is 0.541 e. The van der Waals surface area contributed by atoms with Crippen molar-refractivity contribution in [1.82, 2.24) is 10.6 Å². The Balaban J connectivity index is 0.000000918. The van der Waals surface area contributed by atoms with E-state index in [1.165, 1.54) is 13.2 Å². The molecule has 2 amide bonds. The van der Waals surface area contributed by atoms with Crippen molar-refractivity contribution in [2.75, 3.05) is 26.7 Å². The average molecular weight is 973 g/mol. The molecule has 0 saturated carbocycles. The van der Waals surface area contributed by atoms with Crippen molar-refractivity contribution < 1.29 is 47.2 Å². The second kappa shape index (κ2) is 26.2. The van der Waals surface area contributed by atoms with E-state index in [0.717, 1.165) is 33.9 Å². The van der Waals surface area contributed by atoms with Gasteiger partial charge in [0.05, 0.1) is 26.7 Å². The highest BCUT2D eigenvalue weighted by Crippen LogP contribution is 2.41. The lowest BCUT2D eigenvalue weighted by Gasteiger charge is -2.36. The van der Waals surface area contributed by atoms with E-state index >= 15 is 0 Å². The summed E-state index contributed by atoms with van der Waals surface area (Å²) >= 11 is 9.53. The highest BCUT2D eigenvalue weighted by molar-refractivity contribution is 6.75. The number of halogens is 2. The topological polar surface area (TPSA) is 169 Å². The van der Waals surface area contributed by atoms with Crippen molar-refractivity contribution in [3.05, 3.63) is 71.3 Å². The van der Waals surface area contributed by atoms with Gasteiger partial charge in [0.1, 0.15) is 22.7 Å². The molecule has 0 radical (unpaired) electrons. The fraction of sp³-hybridized carbons (Fsp3) is 0.574. The molecule has 13 nitrogen and oxygen atoms in total. The maximum atomic E-state index is 11.8. The first-order chi connectivity index (χ1) is 29.2. The zero-order valence-corrected chi connectivity index (χ0v) is 45.5. The second-order valence-corrected chi connectivity index (χ2v) is 30.0. The number of carbonyl (C=O) groups is 2. The van der Waals surface area contributed by atoms with E-state index in [0.29, 0.717) is 31.1 Å². The van der Waals surface area contributed by atoms with Crippen LogP contribution < -0.4 is 39.4 Å². The van der Waals surface area contributed by atoms with E-state index in [9.17, 15) is 14.7 Å². The van der Waals surface area contributed by atoms with Gasteiger partial charge in [0.2, 0.25) is 0 Å². The summed E-state index contributed by atoms with van der Waals surface area (Å²) in [5.74, 6) is 3.45. The molecule has 3 aromatic rings. The molecule has 0 unspecified atom stereocenters. The fourth-order valence-corrected chi connectivity index (χ4v) is 6.54. The molecule has 3 aromatic carbocycles. The third-order valence-electron chi connectivity index (χ3n) is 9.95. The van der Waals surface area contributed by atoms with Crippen LogP contribution in [0.3, 0.4) is 0 Å². The lowest BCUT2D eigenvalue weighted by Crippen LogP contribution is -2.43. The molecule has 3 rings (SSSR count). The molecule has 64 heavy (non-hydrogen) atoms. The first-order valence-electron chi connectivity index (χ1n) is 21.0. The Morgan fingerprint density at radius 2 is 0.875 bits per heavy atom. The number of rotatable bonds is 12. The summed E-state index contributed by atoms with van der Waals surface area (Å²) < 4.78 is 38.8. The number of alkyl carbamates (subject to hydrolysis) is 2. The van der Waals surface area contributed by atoms with Crippen LogP contribution in [0.1, 0.15) is 99.8 Å². The van der Waals surface area contributed by atoms with E-state index < -0.39 is 40.0 Å². The maximum Gasteiger partial charge on any atom is 0.407 e. The number of ether oxygens (including phenoxy) is 5. The number of phenolic OH excluding ortho intramolecular Hbond substituents is 1. The molecular formula is C47H79Cl2N3O10Si2. The minimum atomic E-state index is -1.94. The summed E-state index contributed by atoms with van der Waals surface area (Å²) in [5.41, 5.74) is 7.39. The van der Waals surface area contributed by atoms with Gasteiger partial charge in [-0.2, -0.15) is 0 Å². The van der Waals surface area contributed by atoms with E-state index in [2.05, 4.69) is 78.4 Å². The van der Waals surface area contributed by atoms with E-state index in [4.69, 9.17) is 61.5 Å². The van der Waals surface area contributed by atoms with Crippen LogP contribution in [-0.4, -0.2) is 71.8 Å². The van der Waals surface area contributed by atoms with Crippen LogP contribution in [0, 0.1) is 0 Å². The number of nitrogens with two attached hydrogens (primary N) is 1. The number of phenols is 1. The number of carbonyl (C=O) groups excluding carboxylic acids is 2. The summed E-state index contributed by atoms with van der Waals surface area (Å²) in [7, 11) is 0.981. The predicted octanol–water partition coefficient (Wildman–Crippen LogP) is 12.5. The third kappa shape index (κ3) is 22.7. The Morgan fingerprint density at radius 1 is 0.562 bits per heavy atom. The summed E-state index contributed by atoms with van der Waals surface area (Å²) in [5, 5.41) is 15.3. The van der Waals surface area contributed by atoms with Crippen LogP contribution in [0.25, 0.3) is 0 Å². The average Bonchev–Trinajstić information content (AvgIpc) is 3.15. The molecule has 0 aromatic heterocycles. The number of amides is 2. The monoisotopic (exact) mass is 971 g/mol. The number of benzene rings is 3. The van der Waals surface area contributed by atoms with Crippen molar-refractivity contribution in [3.8, 4) is 34.5 Å². The number of alkyl halides is 2. The standard InChI is InChI=1S/C19H33NO4Si.C14H25NO2Si.C13H19NO4.CH2Cl2/c1-18(2,3)23-17(21)20-13-14-10-11-15(16(12-14)22-7)24-25(8,9)19(4,5)6;1-14(2,3)18(5,6)17-12-8-7-11(10-15)9-13(12)16-4;1-13(2,3)18-12(16)14-8-9-5-6-10(15)11(7-9)17-4;2-1-3/h10-12H,13H2,1-9H3,(H,20,21);7-9H,10,15H2,1-6H3;5-7,15H,8H2,1-4H3,(H,14,16);1H2. The van der Waals surface area contributed by atoms with Gasteiger partial charge >= 0.3 is 12.2 Å². The molecule has 0 aliphatic heterocycles. The number of hydrogen-bond donors (Lipinski definition) is 4. The van der Waals surface area contributed by atoms with E-state index in [-0.39, 0.29) is 21.2 Å². The fourth-order valence-electron chi connectivity index (χ4n) is 4.49. The Labute approximate surface area is 396 Å². The summed E-state index contributed by atoms with van der Waals surface area (Å²) in [4.78, 5) is 23.2. The van der Waals surface area contributed by atoms with Gasteiger partial charge in [-0.25, -0.2) is 9.59 Å². The van der Waals surface area contributed by atoms with Gasteiger partial charge in [-0.05, 0) is 131 Å². The van der Waals surface area contributed by atoms with Gasteiger partial charge in [-0.3, -0.25) is 0 Å². The molecular weight excluding hydrogens is 894 g/mol. The van der Waals surface area contributed by atoms with Crippen LogP contribution >= 0.6 is 23.2 Å². The Bertz CT molecular complexity index is 1890.